The molecule has 2 N–H and O–H groups in total. The van der Waals surface area contributed by atoms with Crippen molar-refractivity contribution in [1.82, 2.24) is 10.3 Å². The van der Waals surface area contributed by atoms with Crippen LogP contribution in [0, 0.1) is 0 Å². The fourth-order valence-electron chi connectivity index (χ4n) is 3.46. The summed E-state index contributed by atoms with van der Waals surface area (Å²) in [6, 6.07) is 23.7. The Labute approximate surface area is 221 Å². The Kier molecular flexibility index (Phi) is 6.86. The van der Waals surface area contributed by atoms with Crippen molar-refractivity contribution in [2.45, 2.75) is 0 Å². The van der Waals surface area contributed by atoms with Crippen molar-refractivity contribution < 1.29 is 13.6 Å². The predicted molar refractivity (Wildman–Crippen MR) is 147 cm³/mol. The molecule has 5 rings (SSSR count). The number of anilines is 1. The molecule has 36 heavy (non-hydrogen) atoms. The van der Waals surface area contributed by atoms with E-state index >= 15 is 0 Å². The van der Waals surface area contributed by atoms with E-state index in [2.05, 4.69) is 15.6 Å². The van der Waals surface area contributed by atoms with Crippen LogP contribution in [0.4, 0.5) is 5.69 Å². The standard InChI is InChI=1S/C27H17Cl2N3O3S/c28-17-6-11-24-22(14-17)31-26(35-24)20-15-18(7-10-21(20)29)30-27(36)32-25(33)13-9-19-8-12-23(34-19)16-4-2-1-3-5-16/h1-15H,(H2,30,32,33,36)/b13-9+. The van der Waals surface area contributed by atoms with Crippen molar-refractivity contribution in [3.05, 3.63) is 101 Å². The first-order valence-electron chi connectivity index (χ1n) is 10.8. The molecule has 0 spiro atoms. The molecule has 0 unspecified atom stereocenters. The Hall–Kier alpha value is -3.91. The number of amides is 1. The van der Waals surface area contributed by atoms with E-state index in [0.717, 1.165) is 5.56 Å². The second-order valence-electron chi connectivity index (χ2n) is 7.67. The normalized spacial score (nSPS) is 11.2. The molecule has 178 valence electrons. The maximum absolute atomic E-state index is 12.3. The molecule has 0 bridgehead atoms. The van der Waals surface area contributed by atoms with E-state index in [1.165, 1.54) is 6.08 Å². The van der Waals surface area contributed by atoms with Crippen LogP contribution in [-0.2, 0) is 4.79 Å². The molecule has 0 radical (unpaired) electrons. The second kappa shape index (κ2) is 10.4. The van der Waals surface area contributed by atoms with E-state index in [9.17, 15) is 4.79 Å². The number of hydrogen-bond acceptors (Lipinski definition) is 5. The molecule has 0 atom stereocenters. The van der Waals surface area contributed by atoms with Gasteiger partial charge in [-0.05, 0) is 66.8 Å². The number of oxazole rings is 1. The molecule has 0 aliphatic carbocycles. The number of fused-ring (bicyclic) bond motifs is 1. The molecule has 5 aromatic rings. The van der Waals surface area contributed by atoms with Gasteiger partial charge in [0.15, 0.2) is 10.7 Å². The monoisotopic (exact) mass is 533 g/mol. The van der Waals surface area contributed by atoms with Crippen LogP contribution in [0.25, 0.3) is 40.0 Å². The van der Waals surface area contributed by atoms with Gasteiger partial charge in [-0.15, -0.1) is 0 Å². The number of carbonyl (C=O) groups excluding carboxylic acids is 1. The second-order valence-corrected chi connectivity index (χ2v) is 8.92. The molecular formula is C27H17Cl2N3O3S. The quantitative estimate of drug-likeness (QED) is 0.179. The third-order valence-corrected chi connectivity index (χ3v) is 5.89. The molecule has 1 amide bonds. The van der Waals surface area contributed by atoms with Crippen molar-refractivity contribution in [1.29, 1.82) is 0 Å². The van der Waals surface area contributed by atoms with E-state index in [4.69, 9.17) is 44.3 Å². The number of halogens is 2. The Morgan fingerprint density at radius 2 is 1.78 bits per heavy atom. The average Bonchev–Trinajstić information content (AvgIpc) is 3.51. The highest BCUT2D eigenvalue weighted by atomic mass is 35.5. The Balaban J connectivity index is 1.23. The van der Waals surface area contributed by atoms with Crippen LogP contribution in [0.5, 0.6) is 0 Å². The SMILES string of the molecule is O=C(/C=C/c1ccc(-c2ccccc2)o1)NC(=S)Nc1ccc(Cl)c(-c2nc3cc(Cl)ccc3o2)c1. The van der Waals surface area contributed by atoms with Gasteiger partial charge in [0.2, 0.25) is 11.8 Å². The van der Waals surface area contributed by atoms with E-state index in [0.29, 0.717) is 49.8 Å². The van der Waals surface area contributed by atoms with Gasteiger partial charge in [-0.25, -0.2) is 4.98 Å². The average molecular weight is 534 g/mol. The summed E-state index contributed by atoms with van der Waals surface area (Å²) in [5, 5.41) is 6.70. The zero-order valence-corrected chi connectivity index (χ0v) is 20.8. The molecule has 2 aromatic heterocycles. The number of rotatable bonds is 5. The van der Waals surface area contributed by atoms with E-state index in [-0.39, 0.29) is 5.11 Å². The molecule has 6 nitrogen and oxygen atoms in total. The maximum Gasteiger partial charge on any atom is 0.250 e. The van der Waals surface area contributed by atoms with Crippen molar-refractivity contribution >= 4 is 69.3 Å². The third-order valence-electron chi connectivity index (χ3n) is 5.13. The summed E-state index contributed by atoms with van der Waals surface area (Å²) < 4.78 is 11.6. The smallest absolute Gasteiger partial charge is 0.250 e. The molecule has 0 aliphatic heterocycles. The molecule has 0 saturated carbocycles. The van der Waals surface area contributed by atoms with Gasteiger partial charge in [0.05, 0.1) is 10.6 Å². The number of furan rings is 1. The van der Waals surface area contributed by atoms with Gasteiger partial charge in [0.25, 0.3) is 0 Å². The number of thiocarbonyl (C=S) groups is 1. The van der Waals surface area contributed by atoms with Gasteiger partial charge in [-0.1, -0.05) is 53.5 Å². The number of benzene rings is 3. The molecule has 3 aromatic carbocycles. The Bertz CT molecular complexity index is 1610. The van der Waals surface area contributed by atoms with Crippen LogP contribution in [-0.4, -0.2) is 16.0 Å². The maximum atomic E-state index is 12.3. The number of hydrogen-bond donors (Lipinski definition) is 2. The lowest BCUT2D eigenvalue weighted by Gasteiger charge is -2.09. The molecule has 9 heteroatoms. The zero-order chi connectivity index (χ0) is 25.1. The van der Waals surface area contributed by atoms with Gasteiger partial charge in [0.1, 0.15) is 17.0 Å². The summed E-state index contributed by atoms with van der Waals surface area (Å²) in [5.74, 6) is 1.19. The molecule has 2 heterocycles. The molecule has 0 fully saturated rings. The van der Waals surface area contributed by atoms with Crippen LogP contribution < -0.4 is 10.6 Å². The fourth-order valence-corrected chi connectivity index (χ4v) is 4.04. The summed E-state index contributed by atoms with van der Waals surface area (Å²) in [6.07, 6.45) is 2.92. The van der Waals surface area contributed by atoms with E-state index in [1.807, 2.05) is 36.4 Å². The topological polar surface area (TPSA) is 80.3 Å². The highest BCUT2D eigenvalue weighted by Gasteiger charge is 2.14. The van der Waals surface area contributed by atoms with Gasteiger partial charge in [0, 0.05) is 22.3 Å². The molecule has 0 saturated heterocycles. The predicted octanol–water partition coefficient (Wildman–Crippen LogP) is 7.59. The summed E-state index contributed by atoms with van der Waals surface area (Å²) in [5.41, 5.74) is 3.33. The highest BCUT2D eigenvalue weighted by Crippen LogP contribution is 2.33. The zero-order valence-electron chi connectivity index (χ0n) is 18.5. The minimum atomic E-state index is -0.407. The minimum Gasteiger partial charge on any atom is -0.457 e. The van der Waals surface area contributed by atoms with Gasteiger partial charge in [-0.3, -0.25) is 10.1 Å². The summed E-state index contributed by atoms with van der Waals surface area (Å²) >= 11 is 17.7. The van der Waals surface area contributed by atoms with Gasteiger partial charge < -0.3 is 14.2 Å². The third kappa shape index (κ3) is 5.49. The van der Waals surface area contributed by atoms with Crippen molar-refractivity contribution in [3.8, 4) is 22.8 Å². The van der Waals surface area contributed by atoms with Crippen LogP contribution in [0.1, 0.15) is 5.76 Å². The summed E-state index contributed by atoms with van der Waals surface area (Å²) in [6.45, 7) is 0. The lowest BCUT2D eigenvalue weighted by molar-refractivity contribution is -0.115. The van der Waals surface area contributed by atoms with Gasteiger partial charge in [-0.2, -0.15) is 0 Å². The Morgan fingerprint density at radius 1 is 0.944 bits per heavy atom. The summed E-state index contributed by atoms with van der Waals surface area (Å²) in [4.78, 5) is 16.8. The van der Waals surface area contributed by atoms with E-state index < -0.39 is 5.91 Å². The number of carbonyl (C=O) groups is 1. The lowest BCUT2D eigenvalue weighted by atomic mass is 10.2. The number of nitrogens with one attached hydrogen (secondary N) is 2. The van der Waals surface area contributed by atoms with Crippen molar-refractivity contribution in [2.75, 3.05) is 5.32 Å². The minimum absolute atomic E-state index is 0.117. The number of aromatic nitrogens is 1. The molecule has 0 aliphatic rings. The lowest BCUT2D eigenvalue weighted by Crippen LogP contribution is -2.32. The first-order valence-corrected chi connectivity index (χ1v) is 11.9. The van der Waals surface area contributed by atoms with E-state index in [1.54, 1.807) is 48.5 Å². The largest absolute Gasteiger partial charge is 0.457 e. The molecular weight excluding hydrogens is 517 g/mol. The highest BCUT2D eigenvalue weighted by molar-refractivity contribution is 7.80. The van der Waals surface area contributed by atoms with Crippen LogP contribution in [0.2, 0.25) is 10.0 Å². The first-order chi connectivity index (χ1) is 17.4. The van der Waals surface area contributed by atoms with Gasteiger partial charge >= 0.3 is 0 Å². The van der Waals surface area contributed by atoms with Crippen LogP contribution in [0.3, 0.4) is 0 Å². The number of nitrogens with zero attached hydrogens (tertiary/aromatic N) is 1. The van der Waals surface area contributed by atoms with Crippen molar-refractivity contribution in [3.63, 3.8) is 0 Å². The first kappa shape index (κ1) is 23.8. The Morgan fingerprint density at radius 3 is 2.61 bits per heavy atom. The van der Waals surface area contributed by atoms with Crippen LogP contribution in [0.15, 0.2) is 93.8 Å². The van der Waals surface area contributed by atoms with Crippen LogP contribution >= 0.6 is 35.4 Å². The van der Waals surface area contributed by atoms with Crippen molar-refractivity contribution in [2.24, 2.45) is 0 Å². The fraction of sp³-hybridized carbons (Fsp3) is 0. The summed E-state index contributed by atoms with van der Waals surface area (Å²) in [7, 11) is 0.